The van der Waals surface area contributed by atoms with E-state index in [1.807, 2.05) is 35.0 Å². The number of carbonyl (C=O) groups is 2. The first-order valence-corrected chi connectivity index (χ1v) is 9.78. The Bertz CT molecular complexity index is 950. The third-order valence-electron chi connectivity index (χ3n) is 3.78. The van der Waals surface area contributed by atoms with Crippen molar-refractivity contribution in [1.29, 1.82) is 0 Å². The average molecular weight is 403 g/mol. The number of ether oxygens (including phenoxy) is 1. The average Bonchev–Trinajstić information content (AvgIpc) is 3.31. The van der Waals surface area contributed by atoms with E-state index < -0.39 is 11.2 Å². The summed E-state index contributed by atoms with van der Waals surface area (Å²) in [4.78, 5) is 28.2. The molecule has 9 heteroatoms. The Labute approximate surface area is 164 Å². The second-order valence-corrected chi connectivity index (χ2v) is 7.78. The molecule has 7 nitrogen and oxygen atoms in total. The summed E-state index contributed by atoms with van der Waals surface area (Å²) in [5.41, 5.74) is 6.54. The number of nitrogens with one attached hydrogen (secondary N) is 1. The minimum Gasteiger partial charge on any atom is -0.497 e. The third-order valence-corrected chi connectivity index (χ3v) is 5.69. The molecule has 0 unspecified atom stereocenters. The van der Waals surface area contributed by atoms with Crippen molar-refractivity contribution in [1.82, 2.24) is 9.55 Å². The first kappa shape index (κ1) is 19.0. The molecule has 3 aromatic rings. The number of amides is 2. The number of anilines is 1. The largest absolute Gasteiger partial charge is 0.497 e. The Kier molecular flexibility index (Phi) is 5.82. The summed E-state index contributed by atoms with van der Waals surface area (Å²) in [5, 5.41) is 5.19. The zero-order valence-electron chi connectivity index (χ0n) is 14.7. The van der Waals surface area contributed by atoms with Gasteiger partial charge in [0.25, 0.3) is 5.91 Å². The smallest absolute Gasteiger partial charge is 0.251 e. The number of nitrogens with zero attached hydrogens (tertiary/aromatic N) is 2. The monoisotopic (exact) mass is 402 g/mol. The van der Waals surface area contributed by atoms with Crippen LogP contribution in [-0.2, 0) is 4.79 Å². The molecule has 0 saturated carbocycles. The second-order valence-electron chi connectivity index (χ2n) is 5.55. The number of methoxy groups -OCH3 is 1. The molecule has 0 bridgehead atoms. The Hall–Kier alpha value is -2.78. The summed E-state index contributed by atoms with van der Waals surface area (Å²) < 4.78 is 7.07. The van der Waals surface area contributed by atoms with Gasteiger partial charge in [-0.2, -0.15) is 0 Å². The fourth-order valence-corrected chi connectivity index (χ4v) is 4.02. The quantitative estimate of drug-likeness (QED) is 0.592. The van der Waals surface area contributed by atoms with Gasteiger partial charge in [-0.05, 0) is 42.6 Å². The van der Waals surface area contributed by atoms with E-state index in [0.717, 1.165) is 11.4 Å². The Balaban J connectivity index is 1.71. The van der Waals surface area contributed by atoms with Crippen molar-refractivity contribution in [3.63, 3.8) is 0 Å². The number of carbonyl (C=O) groups excluding carboxylic acids is 2. The Morgan fingerprint density at radius 3 is 2.70 bits per heavy atom. The van der Waals surface area contributed by atoms with Crippen LogP contribution in [0.25, 0.3) is 5.69 Å². The number of thioether (sulfide) groups is 1. The van der Waals surface area contributed by atoms with Crippen LogP contribution in [-0.4, -0.2) is 33.7 Å². The summed E-state index contributed by atoms with van der Waals surface area (Å²) in [5.74, 6) is -0.0295. The number of nitrogens with two attached hydrogens (primary N) is 1. The molecule has 2 heterocycles. The number of thiophene rings is 1. The van der Waals surface area contributed by atoms with Gasteiger partial charge in [0.05, 0.1) is 17.9 Å². The lowest BCUT2D eigenvalue weighted by Gasteiger charge is -2.13. The fourth-order valence-electron chi connectivity index (χ4n) is 2.34. The van der Waals surface area contributed by atoms with E-state index in [1.54, 1.807) is 31.7 Å². The van der Waals surface area contributed by atoms with Crippen molar-refractivity contribution in [2.75, 3.05) is 12.4 Å². The van der Waals surface area contributed by atoms with Gasteiger partial charge in [0, 0.05) is 18.1 Å². The molecular formula is C18H18N4O3S2. The highest BCUT2D eigenvalue weighted by molar-refractivity contribution is 8.00. The summed E-state index contributed by atoms with van der Waals surface area (Å²) >= 11 is 2.58. The third kappa shape index (κ3) is 4.32. The van der Waals surface area contributed by atoms with Gasteiger partial charge in [0.15, 0.2) is 5.16 Å². The molecule has 3 rings (SSSR count). The fraction of sp³-hybridized carbons (Fsp3) is 0.167. The van der Waals surface area contributed by atoms with Gasteiger partial charge in [0.2, 0.25) is 5.91 Å². The summed E-state index contributed by atoms with van der Waals surface area (Å²) in [6.45, 7) is 1.78. The maximum Gasteiger partial charge on any atom is 0.251 e. The number of hydrogen-bond donors (Lipinski definition) is 2. The minimum atomic E-state index is -0.568. The van der Waals surface area contributed by atoms with E-state index in [2.05, 4.69) is 10.3 Å². The van der Waals surface area contributed by atoms with Crippen LogP contribution < -0.4 is 15.8 Å². The number of imidazole rings is 1. The van der Waals surface area contributed by atoms with Gasteiger partial charge in [-0.3, -0.25) is 14.2 Å². The normalized spacial score (nSPS) is 11.8. The van der Waals surface area contributed by atoms with E-state index in [9.17, 15) is 9.59 Å². The topological polar surface area (TPSA) is 99.2 Å². The summed E-state index contributed by atoms with van der Waals surface area (Å²) in [7, 11) is 1.62. The maximum atomic E-state index is 12.5. The molecule has 0 aliphatic carbocycles. The first-order valence-electron chi connectivity index (χ1n) is 8.02. The molecule has 0 fully saturated rings. The molecule has 2 aromatic heterocycles. The van der Waals surface area contributed by atoms with Crippen molar-refractivity contribution >= 4 is 39.9 Å². The molecule has 0 radical (unpaired) electrons. The summed E-state index contributed by atoms with van der Waals surface area (Å²) in [6.07, 6.45) is 3.51. The van der Waals surface area contributed by atoms with Crippen LogP contribution in [0.3, 0.4) is 0 Å². The SMILES string of the molecule is COc1ccc(-n2ccnc2S[C@@H](C)C(=O)Nc2sccc2C(N)=O)cc1. The molecule has 0 aliphatic rings. The second kappa shape index (κ2) is 8.28. The number of rotatable bonds is 7. The predicted molar refractivity (Wildman–Crippen MR) is 107 cm³/mol. The molecule has 0 spiro atoms. The van der Waals surface area contributed by atoms with Gasteiger partial charge in [-0.25, -0.2) is 4.98 Å². The molecule has 0 aliphatic heterocycles. The van der Waals surface area contributed by atoms with Gasteiger partial charge < -0.3 is 15.8 Å². The Morgan fingerprint density at radius 2 is 2.04 bits per heavy atom. The highest BCUT2D eigenvalue weighted by Gasteiger charge is 2.20. The van der Waals surface area contributed by atoms with E-state index in [1.165, 1.54) is 23.1 Å². The lowest BCUT2D eigenvalue weighted by atomic mass is 10.3. The molecular weight excluding hydrogens is 384 g/mol. The van der Waals surface area contributed by atoms with Crippen LogP contribution in [0.4, 0.5) is 5.00 Å². The number of primary amides is 1. The molecule has 1 aromatic carbocycles. The van der Waals surface area contributed by atoms with Gasteiger partial charge in [-0.15, -0.1) is 11.3 Å². The highest BCUT2D eigenvalue weighted by Crippen LogP contribution is 2.28. The molecule has 1 atom stereocenters. The van der Waals surface area contributed by atoms with Crippen LogP contribution in [0.15, 0.2) is 53.3 Å². The Morgan fingerprint density at radius 1 is 1.30 bits per heavy atom. The van der Waals surface area contributed by atoms with Crippen molar-refractivity contribution in [2.24, 2.45) is 5.73 Å². The van der Waals surface area contributed by atoms with Crippen molar-refractivity contribution in [3.05, 3.63) is 53.7 Å². The zero-order valence-corrected chi connectivity index (χ0v) is 16.3. The van der Waals surface area contributed by atoms with Crippen LogP contribution >= 0.6 is 23.1 Å². The van der Waals surface area contributed by atoms with Gasteiger partial charge in [0.1, 0.15) is 10.8 Å². The molecule has 2 amide bonds. The van der Waals surface area contributed by atoms with E-state index >= 15 is 0 Å². The van der Waals surface area contributed by atoms with E-state index in [0.29, 0.717) is 15.7 Å². The van der Waals surface area contributed by atoms with Crippen molar-refractivity contribution < 1.29 is 14.3 Å². The number of aromatic nitrogens is 2. The van der Waals surface area contributed by atoms with Crippen LogP contribution in [0.2, 0.25) is 0 Å². The maximum absolute atomic E-state index is 12.5. The van der Waals surface area contributed by atoms with Crippen LogP contribution in [0.1, 0.15) is 17.3 Å². The zero-order chi connectivity index (χ0) is 19.4. The van der Waals surface area contributed by atoms with Crippen molar-refractivity contribution in [3.8, 4) is 11.4 Å². The highest BCUT2D eigenvalue weighted by atomic mass is 32.2. The molecule has 0 saturated heterocycles. The lowest BCUT2D eigenvalue weighted by Crippen LogP contribution is -2.24. The van der Waals surface area contributed by atoms with Crippen molar-refractivity contribution in [2.45, 2.75) is 17.3 Å². The van der Waals surface area contributed by atoms with E-state index in [-0.39, 0.29) is 5.91 Å². The van der Waals surface area contributed by atoms with Gasteiger partial charge in [-0.1, -0.05) is 11.8 Å². The molecule has 27 heavy (non-hydrogen) atoms. The number of benzene rings is 1. The number of hydrogen-bond acceptors (Lipinski definition) is 6. The van der Waals surface area contributed by atoms with E-state index in [4.69, 9.17) is 10.5 Å². The summed E-state index contributed by atoms with van der Waals surface area (Å²) in [6, 6.07) is 9.15. The minimum absolute atomic E-state index is 0.228. The van der Waals surface area contributed by atoms with Crippen LogP contribution in [0, 0.1) is 0 Å². The predicted octanol–water partition coefficient (Wildman–Crippen LogP) is 3.16. The standard InChI is InChI=1S/C18H18N4O3S2/c1-11(16(24)21-17-14(15(19)23)7-10-26-17)27-18-20-8-9-22(18)12-3-5-13(25-2)6-4-12/h3-11H,1-2H3,(H2,19,23)(H,21,24)/t11-/m0/s1. The first-order chi connectivity index (χ1) is 13.0. The molecule has 140 valence electrons. The van der Waals surface area contributed by atoms with Gasteiger partial charge >= 0.3 is 0 Å². The molecule has 3 N–H and O–H groups in total. The van der Waals surface area contributed by atoms with Crippen LogP contribution in [0.5, 0.6) is 5.75 Å². The lowest BCUT2D eigenvalue weighted by molar-refractivity contribution is -0.115.